The summed E-state index contributed by atoms with van der Waals surface area (Å²) in [5.74, 6) is -0.453. The van der Waals surface area contributed by atoms with Crippen molar-refractivity contribution in [3.05, 3.63) is 34.1 Å². The first-order valence-electron chi connectivity index (χ1n) is 4.85. The van der Waals surface area contributed by atoms with Gasteiger partial charge in [0.05, 0.1) is 24.3 Å². The van der Waals surface area contributed by atoms with E-state index in [2.05, 4.69) is 15.9 Å². The molecule has 0 aliphatic heterocycles. The van der Waals surface area contributed by atoms with Gasteiger partial charge in [-0.3, -0.25) is 0 Å². The molecule has 0 aliphatic carbocycles. The average molecular weight is 293 g/mol. The van der Waals surface area contributed by atoms with E-state index in [1.165, 1.54) is 6.07 Å². The lowest BCUT2D eigenvalue weighted by molar-refractivity contribution is 0.0113. The quantitative estimate of drug-likeness (QED) is 0.818. The molecule has 0 saturated heterocycles. The van der Waals surface area contributed by atoms with Crippen LogP contribution in [0.1, 0.15) is 11.7 Å². The highest BCUT2D eigenvalue weighted by molar-refractivity contribution is 9.10. The van der Waals surface area contributed by atoms with Gasteiger partial charge in [-0.25, -0.2) is 4.39 Å². The first-order valence-corrected chi connectivity index (χ1v) is 5.64. The highest BCUT2D eigenvalue weighted by atomic mass is 79.9. The SMILES string of the molecule is COCCOCC(O)c1cccc(Br)c1F. The molecule has 0 radical (unpaired) electrons. The number of rotatable bonds is 6. The molecule has 0 bridgehead atoms. The molecule has 3 nitrogen and oxygen atoms in total. The lowest BCUT2D eigenvalue weighted by Crippen LogP contribution is -2.12. The van der Waals surface area contributed by atoms with Gasteiger partial charge in [0.25, 0.3) is 0 Å². The lowest BCUT2D eigenvalue weighted by Gasteiger charge is -2.12. The Labute approximate surface area is 102 Å². The van der Waals surface area contributed by atoms with Crippen molar-refractivity contribution in [3.63, 3.8) is 0 Å². The van der Waals surface area contributed by atoms with Crippen LogP contribution in [-0.2, 0) is 9.47 Å². The number of hydrogen-bond donors (Lipinski definition) is 1. The molecule has 1 aromatic carbocycles. The Balaban J connectivity index is 2.52. The van der Waals surface area contributed by atoms with Gasteiger partial charge in [-0.15, -0.1) is 0 Å². The summed E-state index contributed by atoms with van der Waals surface area (Å²) in [4.78, 5) is 0. The molecule has 1 aromatic rings. The number of aliphatic hydroxyl groups excluding tert-OH is 1. The molecular formula is C11H14BrFO3. The summed E-state index contributed by atoms with van der Waals surface area (Å²) >= 11 is 3.06. The van der Waals surface area contributed by atoms with Crippen molar-refractivity contribution in [2.24, 2.45) is 0 Å². The zero-order chi connectivity index (χ0) is 12.0. The van der Waals surface area contributed by atoms with Crippen LogP contribution in [0.2, 0.25) is 0 Å². The van der Waals surface area contributed by atoms with E-state index in [-0.39, 0.29) is 12.2 Å². The zero-order valence-corrected chi connectivity index (χ0v) is 10.5. The van der Waals surface area contributed by atoms with E-state index in [1.54, 1.807) is 19.2 Å². The van der Waals surface area contributed by atoms with Gasteiger partial charge < -0.3 is 14.6 Å². The van der Waals surface area contributed by atoms with Crippen molar-refractivity contribution in [2.45, 2.75) is 6.10 Å². The minimum atomic E-state index is -0.964. The molecule has 0 aromatic heterocycles. The number of methoxy groups -OCH3 is 1. The Morgan fingerprint density at radius 2 is 2.19 bits per heavy atom. The minimum Gasteiger partial charge on any atom is -0.386 e. The Bertz CT molecular complexity index is 333. The predicted octanol–water partition coefficient (Wildman–Crippen LogP) is 2.28. The number of aliphatic hydroxyl groups is 1. The zero-order valence-electron chi connectivity index (χ0n) is 8.95. The number of hydrogen-bond acceptors (Lipinski definition) is 3. The van der Waals surface area contributed by atoms with Crippen LogP contribution in [0, 0.1) is 5.82 Å². The van der Waals surface area contributed by atoms with Crippen LogP contribution >= 0.6 is 15.9 Å². The van der Waals surface area contributed by atoms with E-state index in [9.17, 15) is 9.50 Å². The van der Waals surface area contributed by atoms with Gasteiger partial charge >= 0.3 is 0 Å². The van der Waals surface area contributed by atoms with Crippen LogP contribution in [0.4, 0.5) is 4.39 Å². The largest absolute Gasteiger partial charge is 0.386 e. The molecule has 90 valence electrons. The predicted molar refractivity (Wildman–Crippen MR) is 61.8 cm³/mol. The van der Waals surface area contributed by atoms with Gasteiger partial charge in [0.1, 0.15) is 11.9 Å². The number of ether oxygens (including phenoxy) is 2. The van der Waals surface area contributed by atoms with Crippen LogP contribution in [0.3, 0.4) is 0 Å². The van der Waals surface area contributed by atoms with Gasteiger partial charge in [-0.1, -0.05) is 12.1 Å². The third kappa shape index (κ3) is 3.83. The van der Waals surface area contributed by atoms with Crippen LogP contribution in [0.15, 0.2) is 22.7 Å². The minimum absolute atomic E-state index is 0.0523. The van der Waals surface area contributed by atoms with Gasteiger partial charge in [0.15, 0.2) is 0 Å². The Kier molecular flexibility index (Phi) is 5.90. The molecule has 1 unspecified atom stereocenters. The van der Waals surface area contributed by atoms with E-state index in [4.69, 9.17) is 9.47 Å². The topological polar surface area (TPSA) is 38.7 Å². The Morgan fingerprint density at radius 1 is 1.44 bits per heavy atom. The maximum absolute atomic E-state index is 13.5. The molecule has 16 heavy (non-hydrogen) atoms. The summed E-state index contributed by atoms with van der Waals surface area (Å²) in [5, 5.41) is 9.70. The van der Waals surface area contributed by atoms with Crippen LogP contribution < -0.4 is 0 Å². The second kappa shape index (κ2) is 6.96. The average Bonchev–Trinajstić information content (AvgIpc) is 2.28. The molecule has 1 atom stereocenters. The van der Waals surface area contributed by atoms with E-state index in [1.807, 2.05) is 0 Å². The number of benzene rings is 1. The van der Waals surface area contributed by atoms with E-state index in [0.717, 1.165) is 0 Å². The second-order valence-corrected chi connectivity index (χ2v) is 4.08. The fourth-order valence-corrected chi connectivity index (χ4v) is 1.59. The van der Waals surface area contributed by atoms with Crippen molar-refractivity contribution in [2.75, 3.05) is 26.9 Å². The summed E-state index contributed by atoms with van der Waals surface area (Å²) in [6.45, 7) is 0.883. The standard InChI is InChI=1S/C11H14BrFO3/c1-15-5-6-16-7-10(14)8-3-2-4-9(12)11(8)13/h2-4,10,14H,5-7H2,1H3. The fraction of sp³-hybridized carbons (Fsp3) is 0.455. The van der Waals surface area contributed by atoms with Gasteiger partial charge in [-0.2, -0.15) is 0 Å². The highest BCUT2D eigenvalue weighted by Gasteiger charge is 2.14. The van der Waals surface area contributed by atoms with Crippen molar-refractivity contribution in [1.82, 2.24) is 0 Å². The third-order valence-corrected chi connectivity index (χ3v) is 2.66. The summed E-state index contributed by atoms with van der Waals surface area (Å²) in [5.41, 5.74) is 0.229. The van der Waals surface area contributed by atoms with Crippen molar-refractivity contribution in [3.8, 4) is 0 Å². The Morgan fingerprint density at radius 3 is 2.88 bits per heavy atom. The maximum Gasteiger partial charge on any atom is 0.143 e. The van der Waals surface area contributed by atoms with Crippen molar-refractivity contribution in [1.29, 1.82) is 0 Å². The molecule has 0 spiro atoms. The first kappa shape index (κ1) is 13.6. The third-order valence-electron chi connectivity index (χ3n) is 2.05. The van der Waals surface area contributed by atoms with Gasteiger partial charge in [0.2, 0.25) is 0 Å². The van der Waals surface area contributed by atoms with Crippen LogP contribution in [0.5, 0.6) is 0 Å². The molecule has 0 aliphatic rings. The van der Waals surface area contributed by atoms with Gasteiger partial charge in [-0.05, 0) is 22.0 Å². The van der Waals surface area contributed by atoms with E-state index >= 15 is 0 Å². The molecule has 5 heteroatoms. The van der Waals surface area contributed by atoms with Gasteiger partial charge in [0, 0.05) is 12.7 Å². The molecule has 1 rings (SSSR count). The first-order chi connectivity index (χ1) is 7.66. The number of halogens is 2. The molecule has 0 saturated carbocycles. The summed E-state index contributed by atoms with van der Waals surface area (Å²) < 4.78 is 23.8. The van der Waals surface area contributed by atoms with Crippen LogP contribution in [0.25, 0.3) is 0 Å². The van der Waals surface area contributed by atoms with Crippen molar-refractivity contribution >= 4 is 15.9 Å². The lowest BCUT2D eigenvalue weighted by atomic mass is 10.1. The highest BCUT2D eigenvalue weighted by Crippen LogP contribution is 2.23. The fourth-order valence-electron chi connectivity index (χ4n) is 1.20. The van der Waals surface area contributed by atoms with E-state index in [0.29, 0.717) is 17.7 Å². The Hall–Kier alpha value is -0.490. The summed E-state index contributed by atoms with van der Waals surface area (Å²) in [6.07, 6.45) is -0.964. The molecule has 1 N–H and O–H groups in total. The van der Waals surface area contributed by atoms with E-state index < -0.39 is 11.9 Å². The monoisotopic (exact) mass is 292 g/mol. The summed E-state index contributed by atoms with van der Waals surface area (Å²) in [7, 11) is 1.56. The molecule has 0 amide bonds. The molecule has 0 heterocycles. The molecule has 0 fully saturated rings. The summed E-state index contributed by atoms with van der Waals surface area (Å²) in [6, 6.07) is 4.78. The van der Waals surface area contributed by atoms with Crippen LogP contribution in [-0.4, -0.2) is 32.0 Å². The smallest absolute Gasteiger partial charge is 0.143 e. The maximum atomic E-state index is 13.5. The molecular weight excluding hydrogens is 279 g/mol. The normalized spacial score (nSPS) is 12.8. The van der Waals surface area contributed by atoms with Crippen molar-refractivity contribution < 1.29 is 19.0 Å². The second-order valence-electron chi connectivity index (χ2n) is 3.23.